The van der Waals surface area contributed by atoms with Crippen LogP contribution in [0.2, 0.25) is 0 Å². The Kier molecular flexibility index (Phi) is 6.50. The van der Waals surface area contributed by atoms with Crippen LogP contribution < -0.4 is 25.6 Å². The van der Waals surface area contributed by atoms with E-state index in [1.54, 1.807) is 11.3 Å². The van der Waals surface area contributed by atoms with Crippen LogP contribution in [-0.2, 0) is 16.6 Å². The lowest BCUT2D eigenvalue weighted by Crippen LogP contribution is -2.59. The number of thiophene rings is 1. The van der Waals surface area contributed by atoms with Gasteiger partial charge in [0.05, 0.1) is 25.4 Å². The molecular formula is C31H39N9O2S. The molecule has 4 aliphatic heterocycles. The van der Waals surface area contributed by atoms with Crippen molar-refractivity contribution in [2.75, 3.05) is 74.6 Å². The average Bonchev–Trinajstić information content (AvgIpc) is 3.37. The summed E-state index contributed by atoms with van der Waals surface area (Å²) >= 11 is 1.56. The number of aromatic nitrogens is 2. The van der Waals surface area contributed by atoms with Gasteiger partial charge in [0.15, 0.2) is 11.6 Å². The number of nitrogen functional groups attached to an aromatic ring is 1. The van der Waals surface area contributed by atoms with Gasteiger partial charge in [-0.25, -0.2) is 0 Å². The highest BCUT2D eigenvalue weighted by Crippen LogP contribution is 2.53. The highest BCUT2D eigenvalue weighted by molar-refractivity contribution is 7.16. The molecule has 6 aliphatic rings. The molecule has 5 fully saturated rings. The van der Waals surface area contributed by atoms with E-state index in [0.29, 0.717) is 71.6 Å². The number of nitrogens with two attached hydrogens (primary N) is 1. The molecule has 8 rings (SSSR count). The number of fused-ring (bicyclic) bond motifs is 4. The molecule has 2 bridgehead atoms. The molecule has 1 saturated carbocycles. The number of nitriles is 2. The maximum absolute atomic E-state index is 10.5. The second-order valence-electron chi connectivity index (χ2n) is 13.8. The number of rotatable bonds is 7. The average molecular weight is 602 g/mol. The van der Waals surface area contributed by atoms with Crippen LogP contribution in [0, 0.1) is 28.1 Å². The number of piperazine rings is 1. The number of ether oxygens (including phenoxy) is 2. The van der Waals surface area contributed by atoms with Gasteiger partial charge in [0.25, 0.3) is 0 Å². The van der Waals surface area contributed by atoms with E-state index < -0.39 is 0 Å². The molecule has 2 aromatic heterocycles. The van der Waals surface area contributed by atoms with Gasteiger partial charge in [0.1, 0.15) is 22.7 Å². The Labute approximate surface area is 256 Å². The Bertz CT molecular complexity index is 1510. The van der Waals surface area contributed by atoms with E-state index in [-0.39, 0.29) is 10.8 Å². The zero-order chi connectivity index (χ0) is 29.3. The van der Waals surface area contributed by atoms with Crippen LogP contribution in [0.3, 0.4) is 0 Å². The first-order chi connectivity index (χ1) is 20.9. The molecular weight excluding hydrogens is 562 g/mol. The standard InChI is InChI=1S/C31H39N9O2S/c1-19-14-41-9-8-38(19)15-30(6-7-30)18-42-29-36-27(39-12-20-2-3-21(13-39)35-20)23(11-33)28(37-29)40-16-31(17-40)5-4-24-25(31)22(10-32)26(34)43-24/h19-21,35H,2-9,12-18,34H2,1H3/t19-,20-,21+/m1/s1. The first-order valence-corrected chi connectivity index (χ1v) is 16.6. The van der Waals surface area contributed by atoms with Gasteiger partial charge in [-0.15, -0.1) is 11.3 Å². The molecule has 4 saturated heterocycles. The summed E-state index contributed by atoms with van der Waals surface area (Å²) in [4.78, 5) is 18.1. The normalized spacial score (nSPS) is 28.3. The van der Waals surface area contributed by atoms with Crippen LogP contribution in [0.15, 0.2) is 0 Å². The van der Waals surface area contributed by atoms with E-state index in [1.807, 2.05) is 0 Å². The monoisotopic (exact) mass is 601 g/mol. The fourth-order valence-electron chi connectivity index (χ4n) is 8.15. The number of aryl methyl sites for hydroxylation is 1. The Morgan fingerprint density at radius 1 is 1.07 bits per heavy atom. The van der Waals surface area contributed by atoms with Gasteiger partial charge in [-0.05, 0) is 51.0 Å². The minimum absolute atomic E-state index is 0.116. The largest absolute Gasteiger partial charge is 0.463 e. The van der Waals surface area contributed by atoms with E-state index in [2.05, 4.69) is 39.1 Å². The fraction of sp³-hybridized carbons (Fsp3) is 0.677. The van der Waals surface area contributed by atoms with Gasteiger partial charge in [0, 0.05) is 73.1 Å². The van der Waals surface area contributed by atoms with Crippen LogP contribution in [0.25, 0.3) is 0 Å². The molecule has 6 heterocycles. The lowest BCUT2D eigenvalue weighted by Gasteiger charge is -2.49. The predicted octanol–water partition coefficient (Wildman–Crippen LogP) is 2.39. The summed E-state index contributed by atoms with van der Waals surface area (Å²) in [7, 11) is 0. The van der Waals surface area contributed by atoms with Gasteiger partial charge >= 0.3 is 6.01 Å². The van der Waals surface area contributed by atoms with Crippen LogP contribution in [0.5, 0.6) is 6.01 Å². The van der Waals surface area contributed by atoms with E-state index in [1.165, 1.54) is 4.88 Å². The number of nitrogens with zero attached hydrogens (tertiary/aromatic N) is 7. The third kappa shape index (κ3) is 4.62. The van der Waals surface area contributed by atoms with Crippen molar-refractivity contribution in [1.82, 2.24) is 20.2 Å². The van der Waals surface area contributed by atoms with Gasteiger partial charge in [-0.1, -0.05) is 0 Å². The van der Waals surface area contributed by atoms with Crippen molar-refractivity contribution in [2.24, 2.45) is 5.41 Å². The SMILES string of the molecule is C[C@@H]1COCCN1CC1(COc2nc(N3C[C@H]4CC[C@@H](C3)N4)c(C#N)c(N3CC4(CCc5sc(N)c(C#N)c54)C3)n2)CC1. The van der Waals surface area contributed by atoms with Gasteiger partial charge in [-0.3, -0.25) is 4.90 Å². The summed E-state index contributed by atoms with van der Waals surface area (Å²) in [6, 6.07) is 6.45. The summed E-state index contributed by atoms with van der Waals surface area (Å²) in [5.41, 5.74) is 8.52. The molecule has 1 spiro atoms. The number of morpholine rings is 1. The molecule has 0 radical (unpaired) electrons. The van der Waals surface area contributed by atoms with Crippen molar-refractivity contribution in [1.29, 1.82) is 10.5 Å². The van der Waals surface area contributed by atoms with Crippen molar-refractivity contribution >= 4 is 28.0 Å². The molecule has 3 N–H and O–H groups in total. The summed E-state index contributed by atoms with van der Waals surface area (Å²) in [5.74, 6) is 1.35. The van der Waals surface area contributed by atoms with Crippen LogP contribution >= 0.6 is 11.3 Å². The molecule has 2 aromatic rings. The fourth-order valence-corrected chi connectivity index (χ4v) is 9.29. The second-order valence-corrected chi connectivity index (χ2v) is 14.9. The quantitative estimate of drug-likeness (QED) is 0.484. The topological polar surface area (TPSA) is 140 Å². The Hall–Kier alpha value is -3.16. The maximum Gasteiger partial charge on any atom is 0.320 e. The summed E-state index contributed by atoms with van der Waals surface area (Å²) in [6.07, 6.45) is 6.50. The van der Waals surface area contributed by atoms with Crippen molar-refractivity contribution in [2.45, 2.75) is 69.0 Å². The highest BCUT2D eigenvalue weighted by atomic mass is 32.1. The zero-order valence-electron chi connectivity index (χ0n) is 24.8. The minimum Gasteiger partial charge on any atom is -0.463 e. The smallest absolute Gasteiger partial charge is 0.320 e. The van der Waals surface area contributed by atoms with Crippen molar-refractivity contribution in [3.05, 3.63) is 21.6 Å². The number of anilines is 3. The van der Waals surface area contributed by atoms with Crippen LogP contribution in [-0.4, -0.2) is 92.1 Å². The maximum atomic E-state index is 10.5. The summed E-state index contributed by atoms with van der Waals surface area (Å²) < 4.78 is 12.1. The minimum atomic E-state index is -0.117. The number of hydrogen-bond donors (Lipinski definition) is 2. The van der Waals surface area contributed by atoms with Gasteiger partial charge in [-0.2, -0.15) is 20.5 Å². The molecule has 0 aromatic carbocycles. The third-order valence-corrected chi connectivity index (χ3v) is 11.8. The number of nitrogens with one attached hydrogen (secondary N) is 1. The molecule has 226 valence electrons. The van der Waals surface area contributed by atoms with Crippen LogP contribution in [0.1, 0.15) is 60.6 Å². The lowest BCUT2D eigenvalue weighted by atomic mass is 9.74. The molecule has 2 aliphatic carbocycles. The predicted molar refractivity (Wildman–Crippen MR) is 164 cm³/mol. The van der Waals surface area contributed by atoms with E-state index in [9.17, 15) is 10.5 Å². The molecule has 0 unspecified atom stereocenters. The summed E-state index contributed by atoms with van der Waals surface area (Å²) in [6.45, 7) is 9.39. The third-order valence-electron chi connectivity index (χ3n) is 10.8. The van der Waals surface area contributed by atoms with Crippen molar-refractivity contribution < 1.29 is 9.47 Å². The van der Waals surface area contributed by atoms with Gasteiger partial charge < -0.3 is 30.3 Å². The van der Waals surface area contributed by atoms with Gasteiger partial charge in [0.2, 0.25) is 0 Å². The molecule has 12 heteroatoms. The zero-order valence-corrected chi connectivity index (χ0v) is 25.6. The summed E-state index contributed by atoms with van der Waals surface area (Å²) in [5, 5.41) is 24.7. The first kappa shape index (κ1) is 27.4. The van der Waals surface area contributed by atoms with Crippen molar-refractivity contribution in [3.8, 4) is 18.1 Å². The Morgan fingerprint density at radius 3 is 2.47 bits per heavy atom. The number of hydrogen-bond acceptors (Lipinski definition) is 12. The lowest BCUT2D eigenvalue weighted by molar-refractivity contribution is -0.0135. The Morgan fingerprint density at radius 2 is 1.79 bits per heavy atom. The first-order valence-electron chi connectivity index (χ1n) is 15.7. The highest BCUT2D eigenvalue weighted by Gasteiger charge is 2.52. The van der Waals surface area contributed by atoms with Crippen LogP contribution in [0.4, 0.5) is 16.6 Å². The molecule has 11 nitrogen and oxygen atoms in total. The molecule has 0 amide bonds. The van der Waals surface area contributed by atoms with E-state index in [0.717, 1.165) is 83.5 Å². The van der Waals surface area contributed by atoms with E-state index >= 15 is 0 Å². The molecule has 43 heavy (non-hydrogen) atoms. The van der Waals surface area contributed by atoms with E-state index in [4.69, 9.17) is 25.2 Å². The Balaban J connectivity index is 1.08. The van der Waals surface area contributed by atoms with Crippen molar-refractivity contribution in [3.63, 3.8) is 0 Å². The molecule has 3 atom stereocenters. The second kappa shape index (κ2) is 10.2.